The average molecular weight is 664 g/mol. The van der Waals surface area contributed by atoms with Crippen LogP contribution in [0.1, 0.15) is 36.8 Å². The molecule has 7 nitrogen and oxygen atoms in total. The van der Waals surface area contributed by atoms with E-state index in [9.17, 15) is 16.8 Å². The molecule has 2 aliphatic heterocycles. The van der Waals surface area contributed by atoms with Crippen LogP contribution >= 0.6 is 11.6 Å². The van der Waals surface area contributed by atoms with E-state index in [4.69, 9.17) is 21.1 Å². The van der Waals surface area contributed by atoms with Gasteiger partial charge in [-0.1, -0.05) is 29.8 Å². The van der Waals surface area contributed by atoms with E-state index in [2.05, 4.69) is 6.58 Å². The molecule has 1 aliphatic carbocycles. The first kappa shape index (κ1) is 31.0. The number of sulfone groups is 1. The van der Waals surface area contributed by atoms with E-state index in [-0.39, 0.29) is 49.3 Å². The molecule has 234 valence electrons. The number of fused-ring (bicyclic) bond motifs is 5. The highest BCUT2D eigenvalue weighted by molar-refractivity contribution is 7.92. The number of rotatable bonds is 7. The molecule has 12 heteroatoms. The molecule has 3 aliphatic rings. The van der Waals surface area contributed by atoms with E-state index < -0.39 is 65.1 Å². The van der Waals surface area contributed by atoms with E-state index in [1.54, 1.807) is 31.4 Å². The Labute approximate surface area is 261 Å². The van der Waals surface area contributed by atoms with Gasteiger partial charge in [-0.2, -0.15) is 4.31 Å². The predicted octanol–water partition coefficient (Wildman–Crippen LogP) is 6.26. The van der Waals surface area contributed by atoms with Crippen LogP contribution in [-0.2, 0) is 31.2 Å². The molecule has 0 N–H and O–H groups in total. The zero-order valence-electron chi connectivity index (χ0n) is 24.0. The number of ether oxygens (including phenoxy) is 2. The highest BCUT2D eigenvalue weighted by Gasteiger charge is 2.65. The lowest BCUT2D eigenvalue weighted by molar-refractivity contribution is 0.0149. The van der Waals surface area contributed by atoms with Crippen LogP contribution in [-0.4, -0.2) is 46.1 Å². The maximum atomic E-state index is 15.9. The Morgan fingerprint density at radius 2 is 1.77 bits per heavy atom. The van der Waals surface area contributed by atoms with Gasteiger partial charge in [-0.15, -0.1) is 6.58 Å². The van der Waals surface area contributed by atoms with Crippen LogP contribution in [0.4, 0.5) is 8.78 Å². The molecule has 0 aromatic heterocycles. The Morgan fingerprint density at radius 1 is 1.09 bits per heavy atom. The topological polar surface area (TPSA) is 90.0 Å². The molecule has 6 rings (SSSR count). The molecule has 44 heavy (non-hydrogen) atoms. The zero-order chi connectivity index (χ0) is 31.4. The van der Waals surface area contributed by atoms with Gasteiger partial charge in [0.25, 0.3) is 0 Å². The van der Waals surface area contributed by atoms with Crippen molar-refractivity contribution < 1.29 is 35.1 Å². The van der Waals surface area contributed by atoms with Gasteiger partial charge in [0.15, 0.2) is 21.4 Å². The highest BCUT2D eigenvalue weighted by Crippen LogP contribution is 2.61. The van der Waals surface area contributed by atoms with Crippen LogP contribution in [0, 0.1) is 23.5 Å². The van der Waals surface area contributed by atoms with Crippen molar-refractivity contribution in [2.24, 2.45) is 11.8 Å². The summed E-state index contributed by atoms with van der Waals surface area (Å²) < 4.78 is 99.4. The van der Waals surface area contributed by atoms with Crippen LogP contribution in [0.3, 0.4) is 0 Å². The van der Waals surface area contributed by atoms with Crippen LogP contribution in [0.2, 0.25) is 5.02 Å². The largest absolute Gasteiger partial charge is 0.497 e. The molecule has 1 saturated heterocycles. The number of hydrogen-bond acceptors (Lipinski definition) is 6. The Kier molecular flexibility index (Phi) is 8.05. The Balaban J connectivity index is 1.52. The monoisotopic (exact) mass is 663 g/mol. The van der Waals surface area contributed by atoms with Gasteiger partial charge >= 0.3 is 0 Å². The normalized spacial score (nSPS) is 27.7. The highest BCUT2D eigenvalue weighted by atomic mass is 35.5. The van der Waals surface area contributed by atoms with E-state index in [1.165, 1.54) is 34.6 Å². The van der Waals surface area contributed by atoms with Gasteiger partial charge in [0, 0.05) is 23.5 Å². The van der Waals surface area contributed by atoms with E-state index in [1.807, 2.05) is 0 Å². The predicted molar refractivity (Wildman–Crippen MR) is 163 cm³/mol. The van der Waals surface area contributed by atoms with Crippen molar-refractivity contribution in [1.82, 2.24) is 4.31 Å². The number of sulfonamides is 1. The van der Waals surface area contributed by atoms with Crippen molar-refractivity contribution in [3.05, 3.63) is 101 Å². The zero-order valence-corrected chi connectivity index (χ0v) is 26.3. The first-order valence-electron chi connectivity index (χ1n) is 14.3. The second-order valence-electron chi connectivity index (χ2n) is 11.6. The fraction of sp³-hybridized carbons (Fsp3) is 0.375. The minimum atomic E-state index is -4.39. The number of methoxy groups -OCH3 is 1. The fourth-order valence-corrected chi connectivity index (χ4v) is 12.2. The molecule has 2 heterocycles. The number of benzene rings is 3. The quantitative estimate of drug-likeness (QED) is 0.277. The molecule has 0 unspecified atom stereocenters. The van der Waals surface area contributed by atoms with Gasteiger partial charge in [0.1, 0.15) is 16.3 Å². The smallest absolute Gasteiger partial charge is 0.217 e. The lowest BCUT2D eigenvalue weighted by Gasteiger charge is -2.57. The summed E-state index contributed by atoms with van der Waals surface area (Å²) in [6, 6.07) is 13.9. The molecule has 2 fully saturated rings. The third-order valence-electron chi connectivity index (χ3n) is 9.49. The third kappa shape index (κ3) is 4.74. The molecule has 1 saturated carbocycles. The van der Waals surface area contributed by atoms with E-state index in [0.717, 1.165) is 17.7 Å². The Hall–Kier alpha value is -2.99. The molecule has 3 aromatic carbocycles. The average Bonchev–Trinajstić information content (AvgIpc) is 3.01. The van der Waals surface area contributed by atoms with Crippen molar-refractivity contribution in [3.8, 4) is 11.5 Å². The summed E-state index contributed by atoms with van der Waals surface area (Å²) >= 11 is 6.07. The van der Waals surface area contributed by atoms with Gasteiger partial charge in [0.2, 0.25) is 10.0 Å². The molecule has 3 aromatic rings. The molecular weight excluding hydrogens is 632 g/mol. The first-order chi connectivity index (χ1) is 20.9. The van der Waals surface area contributed by atoms with Crippen molar-refractivity contribution in [3.63, 3.8) is 0 Å². The SMILES string of the molecule is C=CC[C@@H]1C[C@@H]2[C@@H](CC[C@@]3(S(=O)(=O)c4ccc(Cl)cc4)c4c(F)ccc(F)c4OC[C@@H]23)N(Cc2ccc(OC)cc2)S1(=O)=O. The van der Waals surface area contributed by atoms with Gasteiger partial charge in [-0.25, -0.2) is 25.6 Å². The molecule has 0 amide bonds. The van der Waals surface area contributed by atoms with Crippen molar-refractivity contribution in [2.75, 3.05) is 13.7 Å². The lowest BCUT2D eigenvalue weighted by atomic mass is 9.64. The summed E-state index contributed by atoms with van der Waals surface area (Å²) in [4.78, 5) is -0.0805. The van der Waals surface area contributed by atoms with Crippen molar-refractivity contribution in [1.29, 1.82) is 0 Å². The van der Waals surface area contributed by atoms with Crippen molar-refractivity contribution in [2.45, 2.75) is 53.2 Å². The van der Waals surface area contributed by atoms with Gasteiger partial charge in [-0.3, -0.25) is 0 Å². The second kappa shape index (κ2) is 11.4. The van der Waals surface area contributed by atoms with Crippen LogP contribution in [0.25, 0.3) is 0 Å². The summed E-state index contributed by atoms with van der Waals surface area (Å²) in [6.07, 6.45) is 1.78. The number of halogens is 3. The van der Waals surface area contributed by atoms with E-state index >= 15 is 8.78 Å². The minimum Gasteiger partial charge on any atom is -0.497 e. The first-order valence-corrected chi connectivity index (χ1v) is 17.7. The Morgan fingerprint density at radius 3 is 2.43 bits per heavy atom. The molecule has 5 atom stereocenters. The Bertz CT molecular complexity index is 1800. The fourth-order valence-electron chi connectivity index (χ4n) is 7.48. The number of allylic oxidation sites excluding steroid dienone is 1. The van der Waals surface area contributed by atoms with Crippen LogP contribution in [0.5, 0.6) is 11.5 Å². The van der Waals surface area contributed by atoms with Gasteiger partial charge in [-0.05, 0) is 85.7 Å². The summed E-state index contributed by atoms with van der Waals surface area (Å²) in [7, 11) is -6.70. The van der Waals surface area contributed by atoms with Crippen LogP contribution in [0.15, 0.2) is 78.2 Å². The van der Waals surface area contributed by atoms with E-state index in [0.29, 0.717) is 10.8 Å². The minimum absolute atomic E-state index is 0.0607. The summed E-state index contributed by atoms with van der Waals surface area (Å²) in [6.45, 7) is 3.60. The number of nitrogens with zero attached hydrogens (tertiary/aromatic N) is 1. The second-order valence-corrected chi connectivity index (χ2v) is 16.4. The maximum Gasteiger partial charge on any atom is 0.217 e. The number of hydrogen-bond donors (Lipinski definition) is 0. The molecule has 0 bridgehead atoms. The summed E-state index contributed by atoms with van der Waals surface area (Å²) in [5.74, 6) is -2.97. The van der Waals surface area contributed by atoms with Crippen molar-refractivity contribution >= 4 is 31.5 Å². The maximum absolute atomic E-state index is 15.9. The van der Waals surface area contributed by atoms with Gasteiger partial charge < -0.3 is 9.47 Å². The molecule has 0 spiro atoms. The molecular formula is C32H32ClF2NO6S2. The summed E-state index contributed by atoms with van der Waals surface area (Å²) in [5, 5.41) is -0.558. The third-order valence-corrected chi connectivity index (χ3v) is 14.6. The lowest BCUT2D eigenvalue weighted by Crippen LogP contribution is -2.64. The standard InChI is InChI=1S/C32H32ClF2NO6S2/c1-3-4-24-17-25-26-19-42-31-28(35)14-13-27(34)30(31)32(26,43(37,38)23-11-7-21(33)8-12-23)16-15-29(25)36(44(24,39)40)18-20-5-9-22(41-2)10-6-20/h3,5-14,24-26,29H,1,4,15-19H2,2H3/t24-,25+,26+,29-,32+/m1/s1. The van der Waals surface area contributed by atoms with Gasteiger partial charge in [0.05, 0.1) is 29.4 Å². The van der Waals surface area contributed by atoms with Crippen LogP contribution < -0.4 is 9.47 Å². The summed E-state index contributed by atoms with van der Waals surface area (Å²) in [5.41, 5.74) is 0.397. The molecule has 0 radical (unpaired) electrons.